The maximum Gasteiger partial charge on any atom is 0.258 e. The van der Waals surface area contributed by atoms with Crippen molar-refractivity contribution in [3.05, 3.63) is 50.8 Å². The molecule has 0 aliphatic heterocycles. The molecule has 0 bridgehead atoms. The van der Waals surface area contributed by atoms with Crippen LogP contribution < -0.4 is 5.32 Å². The minimum Gasteiger partial charge on any atom is -0.305 e. The van der Waals surface area contributed by atoms with E-state index in [9.17, 15) is 4.79 Å². The van der Waals surface area contributed by atoms with Crippen LogP contribution in [0.3, 0.4) is 0 Å². The fourth-order valence-corrected chi connectivity index (χ4v) is 2.24. The lowest BCUT2D eigenvalue weighted by atomic mass is 10.1. The second kappa shape index (κ2) is 5.58. The van der Waals surface area contributed by atoms with Crippen LogP contribution >= 0.6 is 31.9 Å². The van der Waals surface area contributed by atoms with Gasteiger partial charge in [0, 0.05) is 4.47 Å². The highest BCUT2D eigenvalue weighted by molar-refractivity contribution is 9.10. The normalized spacial score (nSPS) is 10.2. The Kier molecular flexibility index (Phi) is 4.08. The molecule has 1 aromatic carbocycles. The Morgan fingerprint density at radius 1 is 1.22 bits per heavy atom. The molecule has 0 fully saturated rings. The monoisotopic (exact) mass is 369 g/mol. The van der Waals surface area contributed by atoms with Crippen molar-refractivity contribution in [2.75, 3.05) is 5.32 Å². The molecule has 0 aliphatic rings. The molecule has 0 unspecified atom stereocenters. The Balaban J connectivity index is 2.19. The smallest absolute Gasteiger partial charge is 0.258 e. The molecule has 1 amide bonds. The highest BCUT2D eigenvalue weighted by Crippen LogP contribution is 2.19. The Morgan fingerprint density at radius 3 is 2.61 bits per heavy atom. The highest BCUT2D eigenvalue weighted by atomic mass is 79.9. The van der Waals surface area contributed by atoms with Gasteiger partial charge in [-0.3, -0.25) is 4.79 Å². The number of rotatable bonds is 2. The number of nitrogens with zero attached hydrogens (tertiary/aromatic N) is 2. The van der Waals surface area contributed by atoms with Gasteiger partial charge in [-0.2, -0.15) is 0 Å². The maximum atomic E-state index is 12.0. The third kappa shape index (κ3) is 3.14. The third-order valence-electron chi connectivity index (χ3n) is 2.23. The van der Waals surface area contributed by atoms with Gasteiger partial charge < -0.3 is 5.32 Å². The molecular weight excluding hydrogens is 362 g/mol. The van der Waals surface area contributed by atoms with Crippen molar-refractivity contribution in [3.8, 4) is 0 Å². The largest absolute Gasteiger partial charge is 0.305 e. The van der Waals surface area contributed by atoms with E-state index in [2.05, 4.69) is 47.1 Å². The van der Waals surface area contributed by atoms with E-state index in [4.69, 9.17) is 0 Å². The van der Waals surface area contributed by atoms with Crippen molar-refractivity contribution in [1.29, 1.82) is 0 Å². The van der Waals surface area contributed by atoms with E-state index in [0.717, 1.165) is 10.0 Å². The van der Waals surface area contributed by atoms with E-state index in [0.29, 0.717) is 16.0 Å². The van der Waals surface area contributed by atoms with E-state index in [1.807, 2.05) is 19.1 Å². The molecule has 0 radical (unpaired) electrons. The van der Waals surface area contributed by atoms with Gasteiger partial charge in [-0.25, -0.2) is 9.97 Å². The van der Waals surface area contributed by atoms with Crippen molar-refractivity contribution >= 4 is 43.6 Å². The zero-order chi connectivity index (χ0) is 13.1. The molecule has 4 nitrogen and oxygen atoms in total. The molecular formula is C12H9Br2N3O. The SMILES string of the molecule is Cc1ccc(C(=O)Nc2cnc(Br)cn2)c(Br)c1. The molecule has 92 valence electrons. The maximum absolute atomic E-state index is 12.0. The summed E-state index contributed by atoms with van der Waals surface area (Å²) in [5, 5.41) is 2.68. The van der Waals surface area contributed by atoms with Gasteiger partial charge in [0.1, 0.15) is 4.60 Å². The molecule has 18 heavy (non-hydrogen) atoms. The average molecular weight is 371 g/mol. The summed E-state index contributed by atoms with van der Waals surface area (Å²) in [6.45, 7) is 1.96. The van der Waals surface area contributed by atoms with Crippen molar-refractivity contribution in [3.63, 3.8) is 0 Å². The molecule has 0 spiro atoms. The first-order chi connectivity index (χ1) is 8.56. The Hall–Kier alpha value is -1.27. The lowest BCUT2D eigenvalue weighted by Gasteiger charge is -2.06. The molecule has 1 N–H and O–H groups in total. The van der Waals surface area contributed by atoms with Crippen LogP contribution in [0.2, 0.25) is 0 Å². The number of aryl methyl sites for hydroxylation is 1. The lowest BCUT2D eigenvalue weighted by Crippen LogP contribution is -2.13. The Bertz CT molecular complexity index is 584. The molecule has 6 heteroatoms. The lowest BCUT2D eigenvalue weighted by molar-refractivity contribution is 0.102. The topological polar surface area (TPSA) is 54.9 Å². The first-order valence-corrected chi connectivity index (χ1v) is 6.70. The number of aromatic nitrogens is 2. The van der Waals surface area contributed by atoms with Crippen LogP contribution in [-0.4, -0.2) is 15.9 Å². The van der Waals surface area contributed by atoms with Crippen LogP contribution in [0.5, 0.6) is 0 Å². The van der Waals surface area contributed by atoms with E-state index < -0.39 is 0 Å². The van der Waals surface area contributed by atoms with Crippen molar-refractivity contribution in [2.24, 2.45) is 0 Å². The van der Waals surface area contributed by atoms with Gasteiger partial charge in [0.25, 0.3) is 5.91 Å². The highest BCUT2D eigenvalue weighted by Gasteiger charge is 2.10. The molecule has 0 aliphatic carbocycles. The minimum atomic E-state index is -0.224. The average Bonchev–Trinajstić information content (AvgIpc) is 2.32. The first-order valence-electron chi connectivity index (χ1n) is 5.11. The van der Waals surface area contributed by atoms with E-state index in [1.54, 1.807) is 6.07 Å². The molecule has 2 aromatic rings. The van der Waals surface area contributed by atoms with Crippen LogP contribution in [0.15, 0.2) is 39.7 Å². The summed E-state index contributed by atoms with van der Waals surface area (Å²) in [4.78, 5) is 20.0. The number of carbonyl (C=O) groups excluding carboxylic acids is 1. The van der Waals surface area contributed by atoms with Crippen LogP contribution in [0.1, 0.15) is 15.9 Å². The van der Waals surface area contributed by atoms with E-state index >= 15 is 0 Å². The van der Waals surface area contributed by atoms with Gasteiger partial charge in [0.2, 0.25) is 0 Å². The minimum absolute atomic E-state index is 0.224. The number of hydrogen-bond acceptors (Lipinski definition) is 3. The zero-order valence-corrected chi connectivity index (χ0v) is 12.6. The predicted molar refractivity (Wildman–Crippen MR) is 76.6 cm³/mol. The van der Waals surface area contributed by atoms with Crippen LogP contribution in [0, 0.1) is 6.92 Å². The number of hydrogen-bond donors (Lipinski definition) is 1. The molecule has 0 saturated carbocycles. The Labute approximate surface area is 121 Å². The summed E-state index contributed by atoms with van der Waals surface area (Å²) in [5.41, 5.74) is 1.65. The quantitative estimate of drug-likeness (QED) is 0.879. The van der Waals surface area contributed by atoms with Crippen LogP contribution in [-0.2, 0) is 0 Å². The predicted octanol–water partition coefficient (Wildman–Crippen LogP) is 3.56. The van der Waals surface area contributed by atoms with Crippen molar-refractivity contribution < 1.29 is 4.79 Å². The van der Waals surface area contributed by atoms with Crippen LogP contribution in [0.25, 0.3) is 0 Å². The van der Waals surface area contributed by atoms with Crippen molar-refractivity contribution in [2.45, 2.75) is 6.92 Å². The number of anilines is 1. The van der Waals surface area contributed by atoms with Gasteiger partial charge in [-0.1, -0.05) is 6.07 Å². The molecule has 1 aromatic heterocycles. The zero-order valence-electron chi connectivity index (χ0n) is 9.45. The summed E-state index contributed by atoms with van der Waals surface area (Å²) in [6, 6.07) is 5.54. The van der Waals surface area contributed by atoms with Crippen LogP contribution in [0.4, 0.5) is 5.82 Å². The Morgan fingerprint density at radius 2 is 2.00 bits per heavy atom. The number of benzene rings is 1. The van der Waals surface area contributed by atoms with Gasteiger partial charge in [0.05, 0.1) is 18.0 Å². The number of nitrogens with one attached hydrogen (secondary N) is 1. The summed E-state index contributed by atoms with van der Waals surface area (Å²) >= 11 is 6.55. The van der Waals surface area contributed by atoms with Gasteiger partial charge in [-0.05, 0) is 56.5 Å². The second-order valence-electron chi connectivity index (χ2n) is 3.66. The van der Waals surface area contributed by atoms with E-state index in [1.165, 1.54) is 12.4 Å². The fraction of sp³-hybridized carbons (Fsp3) is 0.0833. The fourth-order valence-electron chi connectivity index (χ4n) is 1.36. The van der Waals surface area contributed by atoms with Gasteiger partial charge >= 0.3 is 0 Å². The van der Waals surface area contributed by atoms with E-state index in [-0.39, 0.29) is 5.91 Å². The molecule has 0 atom stereocenters. The third-order valence-corrected chi connectivity index (χ3v) is 3.30. The standard InChI is InChI=1S/C12H9Br2N3O/c1-7-2-3-8(9(13)4-7)12(18)17-11-6-15-10(14)5-16-11/h2-6H,1H3,(H,16,17,18). The summed E-state index contributed by atoms with van der Waals surface area (Å²) in [6.07, 6.45) is 3.02. The first kappa shape index (κ1) is 13.2. The van der Waals surface area contributed by atoms with Gasteiger partial charge in [-0.15, -0.1) is 0 Å². The van der Waals surface area contributed by atoms with Crippen molar-refractivity contribution in [1.82, 2.24) is 9.97 Å². The summed E-state index contributed by atoms with van der Waals surface area (Å²) < 4.78 is 1.38. The molecule has 1 heterocycles. The second-order valence-corrected chi connectivity index (χ2v) is 5.33. The number of carbonyl (C=O) groups is 1. The summed E-state index contributed by atoms with van der Waals surface area (Å²) in [5.74, 6) is 0.189. The number of amides is 1. The summed E-state index contributed by atoms with van der Waals surface area (Å²) in [7, 11) is 0. The van der Waals surface area contributed by atoms with Gasteiger partial charge in [0.15, 0.2) is 5.82 Å². The molecule has 0 saturated heterocycles. The number of halogens is 2. The molecule has 2 rings (SSSR count).